The van der Waals surface area contributed by atoms with Crippen LogP contribution in [0.2, 0.25) is 0 Å². The van der Waals surface area contributed by atoms with Gasteiger partial charge in [-0.25, -0.2) is 0 Å². The van der Waals surface area contributed by atoms with Crippen molar-refractivity contribution in [3.8, 4) is 5.75 Å². The lowest BCUT2D eigenvalue weighted by molar-refractivity contribution is 0.162. The second-order valence-corrected chi connectivity index (χ2v) is 3.01. The quantitative estimate of drug-likeness (QED) is 0.733. The average molecular weight is 181 g/mol. The third-order valence-electron chi connectivity index (χ3n) is 2.02. The van der Waals surface area contributed by atoms with E-state index in [0.29, 0.717) is 0 Å². The van der Waals surface area contributed by atoms with E-state index in [9.17, 15) is 5.11 Å². The summed E-state index contributed by atoms with van der Waals surface area (Å²) in [5, 5.41) is 9.31. The molecule has 0 spiro atoms. The van der Waals surface area contributed by atoms with E-state index in [4.69, 9.17) is 10.5 Å². The molecule has 1 rings (SSSR count). The van der Waals surface area contributed by atoms with E-state index in [1.165, 1.54) is 0 Å². The van der Waals surface area contributed by atoms with Crippen molar-refractivity contribution in [3.63, 3.8) is 0 Å². The molecule has 0 aliphatic rings. The van der Waals surface area contributed by atoms with E-state index < -0.39 is 12.1 Å². The first-order chi connectivity index (χ1) is 6.16. The number of ether oxygens (including phenoxy) is 1. The molecule has 0 heterocycles. The molecular weight excluding hydrogens is 166 g/mol. The van der Waals surface area contributed by atoms with Crippen LogP contribution in [0, 0.1) is 0 Å². The molecule has 3 nitrogen and oxygen atoms in total. The smallest absolute Gasteiger partial charge is 0.123 e. The molecule has 13 heavy (non-hydrogen) atoms. The number of aliphatic hydroxyl groups is 1. The Kier molecular flexibility index (Phi) is 3.28. The van der Waals surface area contributed by atoms with Gasteiger partial charge >= 0.3 is 0 Å². The summed E-state index contributed by atoms with van der Waals surface area (Å²) in [5.41, 5.74) is 6.62. The molecule has 0 saturated heterocycles. The molecule has 2 atom stereocenters. The molecule has 1 aromatic rings. The van der Waals surface area contributed by atoms with Crippen molar-refractivity contribution >= 4 is 0 Å². The minimum Gasteiger partial charge on any atom is -0.496 e. The summed E-state index contributed by atoms with van der Waals surface area (Å²) in [4.78, 5) is 0. The maximum atomic E-state index is 9.31. The van der Waals surface area contributed by atoms with Crippen molar-refractivity contribution in [1.82, 2.24) is 0 Å². The van der Waals surface area contributed by atoms with Crippen LogP contribution in [0.4, 0.5) is 0 Å². The summed E-state index contributed by atoms with van der Waals surface area (Å²) in [6, 6.07) is 7.04. The molecule has 1 unspecified atom stereocenters. The van der Waals surface area contributed by atoms with Crippen molar-refractivity contribution in [3.05, 3.63) is 29.8 Å². The molecule has 3 heteroatoms. The van der Waals surface area contributed by atoms with E-state index in [-0.39, 0.29) is 0 Å². The van der Waals surface area contributed by atoms with Crippen LogP contribution in [0.25, 0.3) is 0 Å². The zero-order chi connectivity index (χ0) is 9.84. The van der Waals surface area contributed by atoms with E-state index in [1.807, 2.05) is 24.3 Å². The maximum absolute atomic E-state index is 9.31. The Hall–Kier alpha value is -1.06. The van der Waals surface area contributed by atoms with E-state index >= 15 is 0 Å². The zero-order valence-electron chi connectivity index (χ0n) is 7.90. The molecule has 0 amide bonds. The highest BCUT2D eigenvalue weighted by Crippen LogP contribution is 2.24. The van der Waals surface area contributed by atoms with Gasteiger partial charge in [-0.05, 0) is 13.0 Å². The van der Waals surface area contributed by atoms with Crippen molar-refractivity contribution in [1.29, 1.82) is 0 Å². The SMILES string of the molecule is COc1ccccc1[C@@H](N)C(C)O. The number of hydrogen-bond donors (Lipinski definition) is 2. The van der Waals surface area contributed by atoms with Gasteiger partial charge in [0.2, 0.25) is 0 Å². The summed E-state index contributed by atoms with van der Waals surface area (Å²) in [5.74, 6) is 0.718. The number of para-hydroxylation sites is 1. The fourth-order valence-electron chi connectivity index (χ4n) is 1.20. The Balaban J connectivity index is 2.98. The minimum absolute atomic E-state index is 0.392. The van der Waals surface area contributed by atoms with Gasteiger partial charge in [0.1, 0.15) is 5.75 Å². The van der Waals surface area contributed by atoms with Gasteiger partial charge < -0.3 is 15.6 Å². The monoisotopic (exact) mass is 181 g/mol. The summed E-state index contributed by atoms with van der Waals surface area (Å²) >= 11 is 0. The maximum Gasteiger partial charge on any atom is 0.123 e. The van der Waals surface area contributed by atoms with Gasteiger partial charge in [0.15, 0.2) is 0 Å². The fourth-order valence-corrected chi connectivity index (χ4v) is 1.20. The third-order valence-corrected chi connectivity index (χ3v) is 2.02. The standard InChI is InChI=1S/C10H15NO2/c1-7(12)10(11)8-5-3-4-6-9(8)13-2/h3-7,10,12H,11H2,1-2H3/t7?,10-/m0/s1. The van der Waals surface area contributed by atoms with Crippen LogP contribution in [-0.4, -0.2) is 18.3 Å². The first kappa shape index (κ1) is 10.0. The second kappa shape index (κ2) is 4.25. The molecule has 0 aliphatic heterocycles. The first-order valence-electron chi connectivity index (χ1n) is 4.23. The van der Waals surface area contributed by atoms with Crippen LogP contribution in [0.15, 0.2) is 24.3 Å². The Morgan fingerprint density at radius 3 is 2.54 bits per heavy atom. The van der Waals surface area contributed by atoms with E-state index in [1.54, 1.807) is 14.0 Å². The third kappa shape index (κ3) is 2.20. The van der Waals surface area contributed by atoms with Gasteiger partial charge in [-0.15, -0.1) is 0 Å². The molecule has 72 valence electrons. The Bertz CT molecular complexity index is 273. The van der Waals surface area contributed by atoms with Gasteiger partial charge in [0, 0.05) is 5.56 Å². The largest absolute Gasteiger partial charge is 0.496 e. The van der Waals surface area contributed by atoms with E-state index in [2.05, 4.69) is 0 Å². The lowest BCUT2D eigenvalue weighted by Gasteiger charge is -2.17. The highest BCUT2D eigenvalue weighted by molar-refractivity contribution is 5.36. The predicted octanol–water partition coefficient (Wildman–Crippen LogP) is 1.08. The van der Waals surface area contributed by atoms with Crippen LogP contribution in [0.5, 0.6) is 5.75 Å². The molecular formula is C10H15NO2. The lowest BCUT2D eigenvalue weighted by Crippen LogP contribution is -2.23. The number of benzene rings is 1. The fraction of sp³-hybridized carbons (Fsp3) is 0.400. The summed E-state index contributed by atoms with van der Waals surface area (Å²) in [7, 11) is 1.59. The summed E-state index contributed by atoms with van der Waals surface area (Å²) < 4.78 is 5.13. The molecule has 0 fully saturated rings. The molecule has 0 bridgehead atoms. The molecule has 1 aromatic carbocycles. The van der Waals surface area contributed by atoms with Gasteiger partial charge in [-0.2, -0.15) is 0 Å². The van der Waals surface area contributed by atoms with Gasteiger partial charge in [0.05, 0.1) is 19.3 Å². The first-order valence-corrected chi connectivity index (χ1v) is 4.23. The Labute approximate surface area is 78.1 Å². The van der Waals surface area contributed by atoms with Crippen LogP contribution in [-0.2, 0) is 0 Å². The summed E-state index contributed by atoms with van der Waals surface area (Å²) in [6.07, 6.45) is -0.573. The number of hydrogen-bond acceptors (Lipinski definition) is 3. The molecule has 3 N–H and O–H groups in total. The molecule has 0 radical (unpaired) electrons. The van der Waals surface area contributed by atoms with Gasteiger partial charge in [-0.1, -0.05) is 18.2 Å². The van der Waals surface area contributed by atoms with Crippen molar-refractivity contribution < 1.29 is 9.84 Å². The Morgan fingerprint density at radius 1 is 1.38 bits per heavy atom. The predicted molar refractivity (Wildman–Crippen MR) is 51.6 cm³/mol. The molecule has 0 aliphatic carbocycles. The summed E-state index contributed by atoms with van der Waals surface area (Å²) in [6.45, 7) is 1.66. The highest BCUT2D eigenvalue weighted by Gasteiger charge is 2.15. The van der Waals surface area contributed by atoms with Crippen molar-refractivity contribution in [2.24, 2.45) is 5.73 Å². The van der Waals surface area contributed by atoms with Gasteiger partial charge in [-0.3, -0.25) is 0 Å². The van der Waals surface area contributed by atoms with Crippen molar-refractivity contribution in [2.45, 2.75) is 19.1 Å². The normalized spacial score (nSPS) is 15.1. The highest BCUT2D eigenvalue weighted by atomic mass is 16.5. The zero-order valence-corrected chi connectivity index (χ0v) is 7.90. The van der Waals surface area contributed by atoms with Crippen LogP contribution < -0.4 is 10.5 Å². The number of aliphatic hydroxyl groups excluding tert-OH is 1. The van der Waals surface area contributed by atoms with E-state index in [0.717, 1.165) is 11.3 Å². The average Bonchev–Trinajstić information content (AvgIpc) is 2.16. The number of rotatable bonds is 3. The van der Waals surface area contributed by atoms with Crippen LogP contribution in [0.3, 0.4) is 0 Å². The van der Waals surface area contributed by atoms with Crippen LogP contribution >= 0.6 is 0 Å². The number of methoxy groups -OCH3 is 1. The second-order valence-electron chi connectivity index (χ2n) is 3.01. The molecule has 0 saturated carbocycles. The van der Waals surface area contributed by atoms with Crippen LogP contribution in [0.1, 0.15) is 18.5 Å². The minimum atomic E-state index is -0.573. The van der Waals surface area contributed by atoms with Gasteiger partial charge in [0.25, 0.3) is 0 Å². The topological polar surface area (TPSA) is 55.5 Å². The molecule has 0 aromatic heterocycles. The Morgan fingerprint density at radius 2 is 2.00 bits per heavy atom. The van der Waals surface area contributed by atoms with Crippen molar-refractivity contribution in [2.75, 3.05) is 7.11 Å². The number of nitrogens with two attached hydrogens (primary N) is 1. The lowest BCUT2D eigenvalue weighted by atomic mass is 10.0.